The Bertz CT molecular complexity index is 795. The molecule has 0 aliphatic rings. The molecule has 0 bridgehead atoms. The number of carbonyl (C=O) groups is 2. The normalized spacial score (nSPS) is 11.3. The van der Waals surface area contributed by atoms with E-state index in [1.54, 1.807) is 18.2 Å². The predicted octanol–water partition coefficient (Wildman–Crippen LogP) is 2.00. The minimum Gasteiger partial charge on any atom is -0.497 e. The highest BCUT2D eigenvalue weighted by Crippen LogP contribution is 2.24. The average Bonchev–Trinajstić information content (AvgIpc) is 2.68. The number of nitrogens with one attached hydrogen (secondary N) is 2. The Labute approximate surface area is 156 Å². The molecule has 0 aliphatic heterocycles. The van der Waals surface area contributed by atoms with E-state index in [-0.39, 0.29) is 6.42 Å². The van der Waals surface area contributed by atoms with Crippen LogP contribution in [0.5, 0.6) is 17.2 Å². The number of hydrazine groups is 1. The fraction of sp³-hybridized carbons (Fsp3) is 0.263. The third-order valence-corrected chi connectivity index (χ3v) is 3.67. The smallest absolute Gasteiger partial charge is 0.279 e. The summed E-state index contributed by atoms with van der Waals surface area (Å²) in [6.07, 6.45) is -0.882. The molecule has 0 radical (unpaired) electrons. The molecule has 2 rings (SSSR count). The van der Waals surface area contributed by atoms with Crippen molar-refractivity contribution in [2.75, 3.05) is 14.2 Å². The van der Waals surface area contributed by atoms with Crippen molar-refractivity contribution in [3.63, 3.8) is 0 Å². The van der Waals surface area contributed by atoms with Gasteiger partial charge in [-0.3, -0.25) is 20.4 Å². The van der Waals surface area contributed by atoms with Gasteiger partial charge < -0.3 is 14.2 Å². The summed E-state index contributed by atoms with van der Waals surface area (Å²) in [7, 11) is 3.03. The van der Waals surface area contributed by atoms with Gasteiger partial charge in [0, 0.05) is 11.6 Å². The highest BCUT2D eigenvalue weighted by molar-refractivity contribution is 5.85. The first-order valence-electron chi connectivity index (χ1n) is 8.14. The summed E-state index contributed by atoms with van der Waals surface area (Å²) in [4.78, 5) is 24.1. The maximum atomic E-state index is 12.9. The molecule has 0 spiro atoms. The van der Waals surface area contributed by atoms with Crippen LogP contribution in [0.15, 0.2) is 42.5 Å². The molecule has 144 valence electrons. The van der Waals surface area contributed by atoms with Crippen molar-refractivity contribution >= 4 is 11.8 Å². The topological polar surface area (TPSA) is 85.9 Å². The van der Waals surface area contributed by atoms with Gasteiger partial charge in [-0.1, -0.05) is 6.07 Å². The zero-order valence-electron chi connectivity index (χ0n) is 15.2. The summed E-state index contributed by atoms with van der Waals surface area (Å²) in [5, 5.41) is 0. The number of benzene rings is 2. The molecule has 0 aromatic heterocycles. The van der Waals surface area contributed by atoms with Gasteiger partial charge in [0.1, 0.15) is 23.1 Å². The van der Waals surface area contributed by atoms with Crippen LogP contribution in [0.2, 0.25) is 0 Å². The molecule has 0 heterocycles. The summed E-state index contributed by atoms with van der Waals surface area (Å²) in [6, 6.07) is 10.4. The minimum atomic E-state index is -0.883. The Hall–Kier alpha value is -3.29. The maximum absolute atomic E-state index is 12.9. The van der Waals surface area contributed by atoms with Gasteiger partial charge in [-0.15, -0.1) is 0 Å². The van der Waals surface area contributed by atoms with Crippen LogP contribution in [0.1, 0.15) is 12.5 Å². The van der Waals surface area contributed by atoms with E-state index in [1.165, 1.54) is 45.4 Å². The van der Waals surface area contributed by atoms with Crippen LogP contribution in [0.3, 0.4) is 0 Å². The number of carbonyl (C=O) groups excluding carboxylic acids is 2. The predicted molar refractivity (Wildman–Crippen MR) is 96.0 cm³/mol. The highest BCUT2D eigenvalue weighted by atomic mass is 19.1. The van der Waals surface area contributed by atoms with Gasteiger partial charge in [0.2, 0.25) is 5.91 Å². The second-order valence-corrected chi connectivity index (χ2v) is 5.61. The van der Waals surface area contributed by atoms with E-state index in [0.717, 1.165) is 0 Å². The molecule has 0 aliphatic carbocycles. The Morgan fingerprint density at radius 2 is 1.67 bits per heavy atom. The van der Waals surface area contributed by atoms with Crippen LogP contribution in [0.25, 0.3) is 0 Å². The van der Waals surface area contributed by atoms with Crippen LogP contribution in [0.4, 0.5) is 4.39 Å². The van der Waals surface area contributed by atoms with Crippen molar-refractivity contribution in [3.8, 4) is 17.2 Å². The summed E-state index contributed by atoms with van der Waals surface area (Å²) in [5.74, 6) is 0.0732. The molecule has 27 heavy (non-hydrogen) atoms. The molecule has 0 unspecified atom stereocenters. The zero-order valence-corrected chi connectivity index (χ0v) is 15.2. The fourth-order valence-electron chi connectivity index (χ4n) is 2.22. The number of halogens is 1. The Morgan fingerprint density at radius 1 is 1.00 bits per heavy atom. The number of methoxy groups -OCH3 is 2. The zero-order chi connectivity index (χ0) is 19.8. The molecule has 1 atom stereocenters. The quantitative estimate of drug-likeness (QED) is 0.722. The lowest BCUT2D eigenvalue weighted by Crippen LogP contribution is -2.47. The van der Waals surface area contributed by atoms with Crippen molar-refractivity contribution in [1.29, 1.82) is 0 Å². The number of rotatable bonds is 7. The SMILES string of the molecule is COc1ccc(CC(=O)NNC(=O)[C@@H](C)Oc2ccc(F)cc2)c(OC)c1. The minimum absolute atomic E-state index is 0.000643. The van der Waals surface area contributed by atoms with Crippen LogP contribution >= 0.6 is 0 Å². The Balaban J connectivity index is 1.85. The van der Waals surface area contributed by atoms with Crippen LogP contribution < -0.4 is 25.1 Å². The lowest BCUT2D eigenvalue weighted by molar-refractivity contribution is -0.132. The Kier molecular flexibility index (Phi) is 6.99. The molecule has 0 saturated heterocycles. The third kappa shape index (κ3) is 5.88. The van der Waals surface area contributed by atoms with Crippen molar-refractivity contribution in [1.82, 2.24) is 10.9 Å². The number of amides is 2. The van der Waals surface area contributed by atoms with E-state index in [1.807, 2.05) is 0 Å². The van der Waals surface area contributed by atoms with Crippen molar-refractivity contribution in [2.24, 2.45) is 0 Å². The number of hydrogen-bond donors (Lipinski definition) is 2. The standard InChI is InChI=1S/C19H21FN2O5/c1-12(27-15-8-5-14(20)6-9-15)19(24)22-21-18(23)10-13-4-7-16(25-2)11-17(13)26-3/h4-9,11-12H,10H2,1-3H3,(H,21,23)(H,22,24)/t12-/m1/s1. The summed E-state index contributed by atoms with van der Waals surface area (Å²) in [5.41, 5.74) is 5.25. The van der Waals surface area contributed by atoms with Crippen molar-refractivity contribution < 1.29 is 28.2 Å². The van der Waals surface area contributed by atoms with E-state index in [9.17, 15) is 14.0 Å². The highest BCUT2D eigenvalue weighted by Gasteiger charge is 2.16. The molecular formula is C19H21FN2O5. The van der Waals surface area contributed by atoms with Gasteiger partial charge >= 0.3 is 0 Å². The molecule has 0 saturated carbocycles. The summed E-state index contributed by atoms with van der Waals surface area (Å²) in [6.45, 7) is 1.51. The molecule has 2 aromatic carbocycles. The summed E-state index contributed by atoms with van der Waals surface area (Å²) < 4.78 is 28.6. The number of hydrogen-bond acceptors (Lipinski definition) is 5. The first-order valence-corrected chi connectivity index (χ1v) is 8.14. The lowest BCUT2D eigenvalue weighted by Gasteiger charge is -2.15. The van der Waals surface area contributed by atoms with Gasteiger partial charge in [-0.25, -0.2) is 4.39 Å². The Morgan fingerprint density at radius 3 is 2.30 bits per heavy atom. The van der Waals surface area contributed by atoms with Gasteiger partial charge in [0.15, 0.2) is 6.10 Å². The first kappa shape index (κ1) is 20.0. The van der Waals surface area contributed by atoms with Gasteiger partial charge in [-0.05, 0) is 37.3 Å². The largest absolute Gasteiger partial charge is 0.497 e. The summed E-state index contributed by atoms with van der Waals surface area (Å²) >= 11 is 0. The molecule has 2 amide bonds. The van der Waals surface area contributed by atoms with Crippen LogP contribution in [0, 0.1) is 5.82 Å². The maximum Gasteiger partial charge on any atom is 0.279 e. The lowest BCUT2D eigenvalue weighted by atomic mass is 10.1. The van der Waals surface area contributed by atoms with E-state index >= 15 is 0 Å². The van der Waals surface area contributed by atoms with Crippen LogP contribution in [-0.4, -0.2) is 32.1 Å². The average molecular weight is 376 g/mol. The van der Waals surface area contributed by atoms with E-state index in [4.69, 9.17) is 14.2 Å². The second-order valence-electron chi connectivity index (χ2n) is 5.61. The molecule has 2 N–H and O–H groups in total. The molecule has 7 nitrogen and oxygen atoms in total. The van der Waals surface area contributed by atoms with E-state index in [0.29, 0.717) is 22.8 Å². The van der Waals surface area contributed by atoms with Crippen molar-refractivity contribution in [2.45, 2.75) is 19.4 Å². The molecule has 2 aromatic rings. The van der Waals surface area contributed by atoms with E-state index in [2.05, 4.69) is 10.9 Å². The van der Waals surface area contributed by atoms with Gasteiger partial charge in [0.25, 0.3) is 5.91 Å². The number of ether oxygens (including phenoxy) is 3. The third-order valence-electron chi connectivity index (χ3n) is 3.67. The van der Waals surface area contributed by atoms with E-state index < -0.39 is 23.7 Å². The van der Waals surface area contributed by atoms with Crippen LogP contribution in [-0.2, 0) is 16.0 Å². The van der Waals surface area contributed by atoms with Crippen molar-refractivity contribution in [3.05, 3.63) is 53.8 Å². The molecule has 8 heteroatoms. The fourth-order valence-corrected chi connectivity index (χ4v) is 2.22. The van der Waals surface area contributed by atoms with Gasteiger partial charge in [0.05, 0.1) is 20.6 Å². The van der Waals surface area contributed by atoms with Gasteiger partial charge in [-0.2, -0.15) is 0 Å². The molecular weight excluding hydrogens is 355 g/mol. The first-order chi connectivity index (χ1) is 12.9. The monoisotopic (exact) mass is 376 g/mol. The molecule has 0 fully saturated rings. The second kappa shape index (κ2) is 9.42.